The monoisotopic (exact) mass is 372 g/mol. The van der Waals surface area contributed by atoms with Gasteiger partial charge in [0.2, 0.25) is 5.91 Å². The first-order chi connectivity index (χ1) is 13.0. The number of rotatable bonds is 2. The molecule has 1 fully saturated rings. The normalized spacial score (nSPS) is 19.9. The van der Waals surface area contributed by atoms with Crippen LogP contribution >= 0.6 is 0 Å². The zero-order valence-electron chi connectivity index (χ0n) is 15.9. The summed E-state index contributed by atoms with van der Waals surface area (Å²) in [6, 6.07) is 0. The maximum Gasteiger partial charge on any atom is 0.259 e. The predicted molar refractivity (Wildman–Crippen MR) is 95.0 cm³/mol. The zero-order valence-corrected chi connectivity index (χ0v) is 15.9. The summed E-state index contributed by atoms with van der Waals surface area (Å²) in [5.74, 6) is 2.49. The number of likely N-dealkylation sites (tertiary alicyclic amines) is 1. The van der Waals surface area contributed by atoms with Gasteiger partial charge in [-0.2, -0.15) is 0 Å². The molecule has 9 heteroatoms. The van der Waals surface area contributed by atoms with Crippen LogP contribution in [-0.2, 0) is 17.9 Å². The third-order valence-corrected chi connectivity index (χ3v) is 5.55. The van der Waals surface area contributed by atoms with Gasteiger partial charge in [-0.15, -0.1) is 10.2 Å². The van der Waals surface area contributed by atoms with Crippen molar-refractivity contribution in [3.63, 3.8) is 0 Å². The first-order valence-electron chi connectivity index (χ1n) is 9.35. The molecular formula is C18H24N6O3. The van der Waals surface area contributed by atoms with E-state index in [-0.39, 0.29) is 17.7 Å². The van der Waals surface area contributed by atoms with Crippen LogP contribution in [0.5, 0.6) is 0 Å². The predicted octanol–water partition coefficient (Wildman–Crippen LogP) is 1.26. The van der Waals surface area contributed by atoms with Crippen molar-refractivity contribution in [1.29, 1.82) is 0 Å². The molecule has 0 saturated carbocycles. The lowest BCUT2D eigenvalue weighted by molar-refractivity contribution is -0.130. The fraction of sp³-hybridized carbons (Fsp3) is 0.611. The van der Waals surface area contributed by atoms with Gasteiger partial charge in [0.15, 0.2) is 5.82 Å². The van der Waals surface area contributed by atoms with E-state index in [4.69, 9.17) is 4.52 Å². The Hall–Kier alpha value is -2.71. The fourth-order valence-electron chi connectivity index (χ4n) is 4.08. The molecule has 9 nitrogen and oxygen atoms in total. The van der Waals surface area contributed by atoms with Crippen molar-refractivity contribution >= 4 is 11.8 Å². The average molecular weight is 372 g/mol. The number of carbonyl (C=O) groups excluding carboxylic acids is 2. The molecule has 0 N–H and O–H groups in total. The molecule has 4 rings (SSSR count). The Bertz CT molecular complexity index is 866. The molecule has 0 aliphatic carbocycles. The van der Waals surface area contributed by atoms with E-state index in [1.165, 1.54) is 0 Å². The lowest BCUT2D eigenvalue weighted by Gasteiger charge is -2.33. The van der Waals surface area contributed by atoms with Crippen LogP contribution in [0.4, 0.5) is 0 Å². The number of aryl methyl sites for hydroxylation is 2. The second-order valence-corrected chi connectivity index (χ2v) is 7.36. The lowest BCUT2D eigenvalue weighted by Crippen LogP contribution is -2.41. The van der Waals surface area contributed by atoms with Gasteiger partial charge < -0.3 is 18.9 Å². The van der Waals surface area contributed by atoms with Crippen molar-refractivity contribution in [2.45, 2.75) is 52.6 Å². The molecule has 4 heterocycles. The SMILES string of the molecule is CC(=O)N1CCCC(c2nnc3n2CCN(C(=O)c2c(C)noc2C)C3)C1. The molecule has 1 unspecified atom stereocenters. The van der Waals surface area contributed by atoms with Crippen LogP contribution in [0.25, 0.3) is 0 Å². The molecule has 2 aromatic rings. The quantitative estimate of drug-likeness (QED) is 0.787. The molecular weight excluding hydrogens is 348 g/mol. The minimum atomic E-state index is -0.0810. The number of carbonyl (C=O) groups is 2. The molecule has 27 heavy (non-hydrogen) atoms. The van der Waals surface area contributed by atoms with Gasteiger partial charge in [0.1, 0.15) is 17.1 Å². The van der Waals surface area contributed by atoms with Crippen molar-refractivity contribution in [2.24, 2.45) is 0 Å². The number of hydrogen-bond acceptors (Lipinski definition) is 6. The van der Waals surface area contributed by atoms with Crippen LogP contribution in [-0.4, -0.2) is 61.2 Å². The standard InChI is InChI=1S/C18H24N6O3/c1-11-16(12(2)27-21-11)18(26)23-7-8-24-15(10-23)19-20-17(24)14-5-4-6-22(9-14)13(3)25/h14H,4-10H2,1-3H3. The Kier molecular flexibility index (Phi) is 4.45. The van der Waals surface area contributed by atoms with Crippen LogP contribution in [0, 0.1) is 13.8 Å². The van der Waals surface area contributed by atoms with Crippen molar-refractivity contribution in [3.8, 4) is 0 Å². The van der Waals surface area contributed by atoms with E-state index in [0.29, 0.717) is 43.2 Å². The Morgan fingerprint density at radius 2 is 1.93 bits per heavy atom. The number of amides is 2. The molecule has 2 aliphatic rings. The van der Waals surface area contributed by atoms with E-state index in [1.54, 1.807) is 25.7 Å². The highest BCUT2D eigenvalue weighted by atomic mass is 16.5. The highest BCUT2D eigenvalue weighted by Gasteiger charge is 2.32. The van der Waals surface area contributed by atoms with E-state index >= 15 is 0 Å². The summed E-state index contributed by atoms with van der Waals surface area (Å²) in [5.41, 5.74) is 1.14. The number of hydrogen-bond donors (Lipinski definition) is 0. The molecule has 2 aliphatic heterocycles. The lowest BCUT2D eigenvalue weighted by atomic mass is 9.97. The number of nitrogens with zero attached hydrogens (tertiary/aromatic N) is 6. The summed E-state index contributed by atoms with van der Waals surface area (Å²) in [4.78, 5) is 28.2. The maximum absolute atomic E-state index is 12.9. The molecule has 0 aromatic carbocycles. The van der Waals surface area contributed by atoms with Gasteiger partial charge in [0.25, 0.3) is 5.91 Å². The number of aromatic nitrogens is 4. The summed E-state index contributed by atoms with van der Waals surface area (Å²) in [6.07, 6.45) is 1.98. The van der Waals surface area contributed by atoms with Gasteiger partial charge in [0, 0.05) is 39.0 Å². The van der Waals surface area contributed by atoms with Crippen molar-refractivity contribution in [3.05, 3.63) is 28.7 Å². The second kappa shape index (κ2) is 6.79. The first kappa shape index (κ1) is 17.7. The molecule has 0 radical (unpaired) electrons. The van der Waals surface area contributed by atoms with Crippen molar-refractivity contribution in [2.75, 3.05) is 19.6 Å². The topological polar surface area (TPSA) is 97.4 Å². The van der Waals surface area contributed by atoms with Crippen LogP contribution < -0.4 is 0 Å². The Morgan fingerprint density at radius 3 is 2.63 bits per heavy atom. The highest BCUT2D eigenvalue weighted by molar-refractivity contribution is 5.96. The van der Waals surface area contributed by atoms with Gasteiger partial charge in [-0.25, -0.2) is 0 Å². The molecule has 1 saturated heterocycles. The number of piperidine rings is 1. The van der Waals surface area contributed by atoms with Crippen molar-refractivity contribution < 1.29 is 14.1 Å². The molecule has 144 valence electrons. The van der Waals surface area contributed by atoms with E-state index in [9.17, 15) is 9.59 Å². The fourth-order valence-corrected chi connectivity index (χ4v) is 4.08. The van der Waals surface area contributed by atoms with Crippen LogP contribution in [0.1, 0.15) is 59.1 Å². The van der Waals surface area contributed by atoms with Gasteiger partial charge in [-0.3, -0.25) is 9.59 Å². The summed E-state index contributed by atoms with van der Waals surface area (Å²) < 4.78 is 7.24. The summed E-state index contributed by atoms with van der Waals surface area (Å²) in [6.45, 7) is 8.30. The third kappa shape index (κ3) is 3.11. The van der Waals surface area contributed by atoms with Gasteiger partial charge in [-0.05, 0) is 26.7 Å². The molecule has 1 atom stereocenters. The zero-order chi connectivity index (χ0) is 19.1. The van der Waals surface area contributed by atoms with Crippen LogP contribution in [0.3, 0.4) is 0 Å². The highest BCUT2D eigenvalue weighted by Crippen LogP contribution is 2.28. The Labute approximate surface area is 157 Å². The summed E-state index contributed by atoms with van der Waals surface area (Å²) in [7, 11) is 0. The molecule has 2 amide bonds. The second-order valence-electron chi connectivity index (χ2n) is 7.36. The minimum absolute atomic E-state index is 0.0810. The molecule has 2 aromatic heterocycles. The third-order valence-electron chi connectivity index (χ3n) is 5.55. The van der Waals surface area contributed by atoms with Gasteiger partial charge in [0.05, 0.1) is 12.2 Å². The summed E-state index contributed by atoms with van der Waals surface area (Å²) >= 11 is 0. The van der Waals surface area contributed by atoms with E-state index in [0.717, 1.165) is 31.0 Å². The molecule has 0 bridgehead atoms. The first-order valence-corrected chi connectivity index (χ1v) is 9.35. The van der Waals surface area contributed by atoms with Crippen LogP contribution in [0.15, 0.2) is 4.52 Å². The Balaban J connectivity index is 1.52. The van der Waals surface area contributed by atoms with Crippen molar-refractivity contribution in [1.82, 2.24) is 29.7 Å². The maximum atomic E-state index is 12.9. The van der Waals surface area contributed by atoms with Gasteiger partial charge in [-0.1, -0.05) is 5.16 Å². The average Bonchev–Trinajstić information content (AvgIpc) is 3.23. The van der Waals surface area contributed by atoms with Crippen LogP contribution in [0.2, 0.25) is 0 Å². The van der Waals surface area contributed by atoms with E-state index < -0.39 is 0 Å². The summed E-state index contributed by atoms with van der Waals surface area (Å²) in [5, 5.41) is 12.6. The van der Waals surface area contributed by atoms with E-state index in [2.05, 4.69) is 19.9 Å². The minimum Gasteiger partial charge on any atom is -0.361 e. The number of fused-ring (bicyclic) bond motifs is 1. The van der Waals surface area contributed by atoms with Gasteiger partial charge >= 0.3 is 0 Å². The van der Waals surface area contributed by atoms with E-state index in [1.807, 2.05) is 4.90 Å². The molecule has 0 spiro atoms. The largest absolute Gasteiger partial charge is 0.361 e. The smallest absolute Gasteiger partial charge is 0.259 e. The Morgan fingerprint density at radius 1 is 1.11 bits per heavy atom.